The number of hydrogen-bond donors (Lipinski definition) is 1. The van der Waals surface area contributed by atoms with Crippen LogP contribution in [0.5, 0.6) is 11.5 Å². The molecule has 0 radical (unpaired) electrons. The van der Waals surface area contributed by atoms with E-state index in [0.29, 0.717) is 13.3 Å². The zero-order valence-electron chi connectivity index (χ0n) is 14.4. The number of ether oxygens (including phenoxy) is 3. The van der Waals surface area contributed by atoms with Crippen LogP contribution in [0.2, 0.25) is 0 Å². The highest BCUT2D eigenvalue weighted by atomic mass is 16.7. The van der Waals surface area contributed by atoms with Gasteiger partial charge in [0, 0.05) is 45.9 Å². The molecule has 2 fully saturated rings. The number of urea groups is 1. The Bertz CT molecular complexity index is 610. The normalized spacial score (nSPS) is 23.0. The maximum Gasteiger partial charge on any atom is 0.317 e. The summed E-state index contributed by atoms with van der Waals surface area (Å²) in [5.41, 5.74) is 1.21. The molecule has 4 rings (SSSR count). The molecule has 7 heteroatoms. The molecule has 2 amide bonds. The molecule has 1 N–H and O–H groups in total. The number of nitrogens with zero attached hydrogens (tertiary/aromatic N) is 2. The number of hydrogen-bond acceptors (Lipinski definition) is 5. The van der Waals surface area contributed by atoms with Crippen molar-refractivity contribution in [3.05, 3.63) is 23.8 Å². The topological polar surface area (TPSA) is 63.3 Å². The Kier molecular flexibility index (Phi) is 4.94. The molecule has 1 aromatic carbocycles. The molecule has 7 nitrogen and oxygen atoms in total. The van der Waals surface area contributed by atoms with Crippen molar-refractivity contribution >= 4 is 6.03 Å². The summed E-state index contributed by atoms with van der Waals surface area (Å²) in [5.74, 6) is 1.64. The van der Waals surface area contributed by atoms with Crippen LogP contribution in [-0.4, -0.2) is 68.1 Å². The van der Waals surface area contributed by atoms with Crippen LogP contribution in [0.3, 0.4) is 0 Å². The minimum absolute atomic E-state index is 0.0261. The van der Waals surface area contributed by atoms with E-state index in [2.05, 4.69) is 16.3 Å². The van der Waals surface area contributed by atoms with Crippen LogP contribution in [0, 0.1) is 0 Å². The van der Waals surface area contributed by atoms with Crippen molar-refractivity contribution < 1.29 is 19.0 Å². The SMILES string of the molecule is O=C(NC[C@@H]1CCCO1)N1CCN(Cc2ccc3c(c2)OCO3)CC1. The molecule has 0 saturated carbocycles. The molecule has 3 aliphatic rings. The van der Waals surface area contributed by atoms with Gasteiger partial charge in [-0.05, 0) is 30.5 Å². The monoisotopic (exact) mass is 347 g/mol. The van der Waals surface area contributed by atoms with Gasteiger partial charge in [0.1, 0.15) is 0 Å². The minimum Gasteiger partial charge on any atom is -0.454 e. The fraction of sp³-hybridized carbons (Fsp3) is 0.611. The largest absolute Gasteiger partial charge is 0.454 e. The Morgan fingerprint density at radius 2 is 2.00 bits per heavy atom. The van der Waals surface area contributed by atoms with Gasteiger partial charge in [-0.2, -0.15) is 0 Å². The fourth-order valence-corrected chi connectivity index (χ4v) is 3.52. The van der Waals surface area contributed by atoms with Gasteiger partial charge in [0.15, 0.2) is 11.5 Å². The van der Waals surface area contributed by atoms with Gasteiger partial charge in [-0.1, -0.05) is 6.07 Å². The Balaban J connectivity index is 1.22. The molecule has 0 spiro atoms. The predicted molar refractivity (Wildman–Crippen MR) is 91.8 cm³/mol. The average Bonchev–Trinajstić information content (AvgIpc) is 3.31. The summed E-state index contributed by atoms with van der Waals surface area (Å²) in [7, 11) is 0. The van der Waals surface area contributed by atoms with Crippen LogP contribution >= 0.6 is 0 Å². The molecule has 0 aliphatic carbocycles. The van der Waals surface area contributed by atoms with Crippen molar-refractivity contribution in [1.29, 1.82) is 0 Å². The molecule has 0 bridgehead atoms. The Hall–Kier alpha value is -1.99. The smallest absolute Gasteiger partial charge is 0.317 e. The third-order valence-corrected chi connectivity index (χ3v) is 5.01. The number of carbonyl (C=O) groups is 1. The zero-order chi connectivity index (χ0) is 17.1. The molecule has 136 valence electrons. The predicted octanol–water partition coefficient (Wildman–Crippen LogP) is 1.42. The number of benzene rings is 1. The van der Waals surface area contributed by atoms with Gasteiger partial charge in [-0.25, -0.2) is 4.79 Å². The third kappa shape index (κ3) is 3.99. The first-order valence-electron chi connectivity index (χ1n) is 9.03. The highest BCUT2D eigenvalue weighted by Gasteiger charge is 2.23. The molecular formula is C18H25N3O4. The maximum absolute atomic E-state index is 12.3. The standard InChI is InChI=1S/C18H25N3O4/c22-18(19-11-15-2-1-9-23-15)21-7-5-20(6-8-21)12-14-3-4-16-17(10-14)25-13-24-16/h3-4,10,15H,1-2,5-9,11-13H2,(H,19,22)/t15-/m0/s1. The van der Waals surface area contributed by atoms with Crippen LogP contribution < -0.4 is 14.8 Å². The van der Waals surface area contributed by atoms with Gasteiger partial charge < -0.3 is 24.4 Å². The Morgan fingerprint density at radius 1 is 1.16 bits per heavy atom. The highest BCUT2D eigenvalue weighted by Crippen LogP contribution is 2.32. The molecule has 2 saturated heterocycles. The lowest BCUT2D eigenvalue weighted by Gasteiger charge is -2.34. The summed E-state index contributed by atoms with van der Waals surface area (Å²) in [6.45, 7) is 5.86. The number of fused-ring (bicyclic) bond motifs is 1. The summed E-state index contributed by atoms with van der Waals surface area (Å²) in [6, 6.07) is 6.11. The molecule has 3 aliphatic heterocycles. The first kappa shape index (κ1) is 16.5. The lowest BCUT2D eigenvalue weighted by atomic mass is 10.1. The summed E-state index contributed by atoms with van der Waals surface area (Å²) in [6.07, 6.45) is 2.33. The quantitative estimate of drug-likeness (QED) is 0.893. The van der Waals surface area contributed by atoms with E-state index in [1.54, 1.807) is 0 Å². The Morgan fingerprint density at radius 3 is 2.80 bits per heavy atom. The van der Waals surface area contributed by atoms with Gasteiger partial charge >= 0.3 is 6.03 Å². The molecule has 0 unspecified atom stereocenters. The van der Waals surface area contributed by atoms with E-state index in [0.717, 1.165) is 63.7 Å². The van der Waals surface area contributed by atoms with Crippen molar-refractivity contribution in [3.63, 3.8) is 0 Å². The zero-order valence-corrected chi connectivity index (χ0v) is 14.4. The van der Waals surface area contributed by atoms with Crippen molar-refractivity contribution in [3.8, 4) is 11.5 Å². The summed E-state index contributed by atoms with van der Waals surface area (Å²) in [4.78, 5) is 16.5. The van der Waals surface area contributed by atoms with Crippen molar-refractivity contribution in [1.82, 2.24) is 15.1 Å². The van der Waals surface area contributed by atoms with Crippen LogP contribution in [0.25, 0.3) is 0 Å². The van der Waals surface area contributed by atoms with Crippen LogP contribution in [0.15, 0.2) is 18.2 Å². The molecule has 3 heterocycles. The van der Waals surface area contributed by atoms with Gasteiger partial charge in [0.05, 0.1) is 6.10 Å². The Labute approximate surface area is 147 Å². The van der Waals surface area contributed by atoms with E-state index in [9.17, 15) is 4.79 Å². The lowest BCUT2D eigenvalue weighted by Crippen LogP contribution is -2.52. The number of nitrogens with one attached hydrogen (secondary N) is 1. The van der Waals surface area contributed by atoms with E-state index < -0.39 is 0 Å². The first-order chi connectivity index (χ1) is 12.3. The summed E-state index contributed by atoms with van der Waals surface area (Å²) < 4.78 is 16.3. The molecule has 0 aromatic heterocycles. The van der Waals surface area contributed by atoms with E-state index >= 15 is 0 Å². The number of piperazine rings is 1. The summed E-state index contributed by atoms with van der Waals surface area (Å²) in [5, 5.41) is 3.00. The maximum atomic E-state index is 12.3. The van der Waals surface area contributed by atoms with E-state index in [-0.39, 0.29) is 12.1 Å². The number of carbonyl (C=O) groups excluding carboxylic acids is 1. The number of amides is 2. The second-order valence-corrected chi connectivity index (χ2v) is 6.77. The van der Waals surface area contributed by atoms with Gasteiger partial charge in [-0.15, -0.1) is 0 Å². The van der Waals surface area contributed by atoms with E-state index in [1.165, 1.54) is 5.56 Å². The number of rotatable bonds is 4. The van der Waals surface area contributed by atoms with E-state index in [1.807, 2.05) is 17.0 Å². The van der Waals surface area contributed by atoms with Gasteiger partial charge in [0.25, 0.3) is 0 Å². The first-order valence-corrected chi connectivity index (χ1v) is 9.03. The van der Waals surface area contributed by atoms with E-state index in [4.69, 9.17) is 14.2 Å². The average molecular weight is 347 g/mol. The van der Waals surface area contributed by atoms with Gasteiger partial charge in [-0.3, -0.25) is 4.90 Å². The van der Waals surface area contributed by atoms with Crippen LogP contribution in [0.4, 0.5) is 4.79 Å². The van der Waals surface area contributed by atoms with Crippen LogP contribution in [-0.2, 0) is 11.3 Å². The van der Waals surface area contributed by atoms with Crippen molar-refractivity contribution in [2.75, 3.05) is 46.1 Å². The minimum atomic E-state index is 0.0261. The van der Waals surface area contributed by atoms with Crippen LogP contribution in [0.1, 0.15) is 18.4 Å². The van der Waals surface area contributed by atoms with Crippen molar-refractivity contribution in [2.24, 2.45) is 0 Å². The summed E-state index contributed by atoms with van der Waals surface area (Å²) >= 11 is 0. The third-order valence-electron chi connectivity index (χ3n) is 5.01. The van der Waals surface area contributed by atoms with Gasteiger partial charge in [0.2, 0.25) is 6.79 Å². The fourth-order valence-electron chi connectivity index (χ4n) is 3.52. The second-order valence-electron chi connectivity index (χ2n) is 6.77. The molecule has 25 heavy (non-hydrogen) atoms. The van der Waals surface area contributed by atoms with Crippen molar-refractivity contribution in [2.45, 2.75) is 25.5 Å². The highest BCUT2D eigenvalue weighted by molar-refractivity contribution is 5.74. The lowest BCUT2D eigenvalue weighted by molar-refractivity contribution is 0.104. The molecular weight excluding hydrogens is 322 g/mol. The molecule has 1 atom stereocenters. The second kappa shape index (κ2) is 7.49. The molecule has 1 aromatic rings.